The molecule has 0 spiro atoms. The fourth-order valence-electron chi connectivity index (χ4n) is 3.71. The highest BCUT2D eigenvalue weighted by Gasteiger charge is 2.35. The van der Waals surface area contributed by atoms with Crippen molar-refractivity contribution in [3.8, 4) is 16.9 Å². The number of rotatable bonds is 14. The smallest absolute Gasteiger partial charge is 0.435 e. The quantitative estimate of drug-likeness (QED) is 0.0669. The summed E-state index contributed by atoms with van der Waals surface area (Å²) in [6.07, 6.45) is -4.17. The Morgan fingerprint density at radius 3 is 2.39 bits per heavy atom. The Morgan fingerprint density at radius 1 is 1.11 bits per heavy atom. The summed E-state index contributed by atoms with van der Waals surface area (Å²) in [5.74, 6) is -1.31. The maximum Gasteiger partial charge on any atom is 0.435 e. The highest BCUT2D eigenvalue weighted by Crippen LogP contribution is 2.33. The van der Waals surface area contributed by atoms with E-state index in [1.165, 1.54) is 19.2 Å². The van der Waals surface area contributed by atoms with E-state index in [0.717, 1.165) is 33.5 Å². The molecule has 0 radical (unpaired) electrons. The van der Waals surface area contributed by atoms with Gasteiger partial charge in [-0.25, -0.2) is 17.8 Å². The third-order valence-electron chi connectivity index (χ3n) is 6.10. The summed E-state index contributed by atoms with van der Waals surface area (Å²) in [5.41, 5.74) is 0.625. The Balaban J connectivity index is 1.58. The minimum Gasteiger partial charge on any atom is -0.569 e. The number of ether oxygens (including phenoxy) is 1. The van der Waals surface area contributed by atoms with Crippen LogP contribution in [0, 0.1) is 12.1 Å². The van der Waals surface area contributed by atoms with Gasteiger partial charge in [-0.2, -0.15) is 18.3 Å². The predicted molar refractivity (Wildman–Crippen MR) is 149 cm³/mol. The molecule has 0 saturated heterocycles. The lowest BCUT2D eigenvalue weighted by atomic mass is 10.1. The van der Waals surface area contributed by atoms with Gasteiger partial charge in [0.1, 0.15) is 0 Å². The first kappa shape index (κ1) is 33.8. The highest BCUT2D eigenvalue weighted by molar-refractivity contribution is 7.90. The molecule has 0 bridgehead atoms. The van der Waals surface area contributed by atoms with Gasteiger partial charge in [0.2, 0.25) is 11.2 Å². The zero-order chi connectivity index (χ0) is 32.5. The number of benzene rings is 2. The van der Waals surface area contributed by atoms with Crippen molar-refractivity contribution in [3.05, 3.63) is 71.1 Å². The van der Waals surface area contributed by atoms with Gasteiger partial charge in [0.25, 0.3) is 16.8 Å². The number of hydrazine groups is 1. The number of nitrogens with one attached hydrogen (secondary N) is 1. The Bertz CT molecular complexity index is 1570. The number of aryl methyl sites for hydroxylation is 1. The van der Waals surface area contributed by atoms with Gasteiger partial charge < -0.3 is 14.8 Å². The zero-order valence-electron chi connectivity index (χ0n) is 24.1. The predicted octanol–water partition coefficient (Wildman–Crippen LogP) is 4.49. The van der Waals surface area contributed by atoms with Crippen molar-refractivity contribution >= 4 is 21.9 Å². The number of amides is 1. The van der Waals surface area contributed by atoms with Crippen LogP contribution in [0.25, 0.3) is 16.9 Å². The number of carbonyl (C=O) groups excluding carboxylic acids is 2. The van der Waals surface area contributed by atoms with Gasteiger partial charge in [-0.3, -0.25) is 9.59 Å². The van der Waals surface area contributed by atoms with Crippen LogP contribution >= 0.6 is 0 Å². The molecular weight excluding hydrogens is 609 g/mol. The number of esters is 1. The van der Waals surface area contributed by atoms with Crippen LogP contribution in [0.15, 0.2) is 64.8 Å². The molecule has 0 atom stereocenters. The topological polar surface area (TPSA) is 158 Å². The van der Waals surface area contributed by atoms with Crippen LogP contribution in [-0.2, 0) is 35.4 Å². The molecule has 238 valence electrons. The average Bonchev–Trinajstić information content (AvgIpc) is 3.44. The Morgan fingerprint density at radius 2 is 1.77 bits per heavy atom. The fraction of sp³-hybridized carbons (Fsp3) is 0.370. The summed E-state index contributed by atoms with van der Waals surface area (Å²) in [4.78, 5) is 27.7. The molecule has 0 fully saturated rings. The first-order valence-electron chi connectivity index (χ1n) is 13.3. The molecule has 1 heterocycles. The van der Waals surface area contributed by atoms with Crippen molar-refractivity contribution < 1.29 is 45.7 Å². The number of carbonyl (C=O) groups is 2. The lowest BCUT2D eigenvalue weighted by Crippen LogP contribution is -2.31. The van der Waals surface area contributed by atoms with Crippen LogP contribution in [-0.4, -0.2) is 60.4 Å². The van der Waals surface area contributed by atoms with Gasteiger partial charge in [0.15, 0.2) is 5.69 Å². The molecule has 1 N–H and O–H groups in total. The van der Waals surface area contributed by atoms with Gasteiger partial charge in [0.05, 0.1) is 34.8 Å². The highest BCUT2D eigenvalue weighted by atomic mass is 32.2. The summed E-state index contributed by atoms with van der Waals surface area (Å²) >= 11 is 0. The molecule has 0 aliphatic heterocycles. The SMILES string of the molecule is CCC(=O)OCO/N=[N+](\[O-])N(C)CCCCC(=O)NS(=O)(=O)c1ccc(-n2nc(C(F)(F)F)cc2-c2ccc(C)cc2)cc1. The molecule has 3 rings (SSSR count). The molecular formula is C27H31F3N6O7S. The molecule has 13 nitrogen and oxygen atoms in total. The van der Waals surface area contributed by atoms with Crippen molar-refractivity contribution in [1.82, 2.24) is 19.5 Å². The number of aromatic nitrogens is 2. The molecule has 0 saturated carbocycles. The second-order valence-corrected chi connectivity index (χ2v) is 11.2. The first-order chi connectivity index (χ1) is 20.7. The third kappa shape index (κ3) is 9.42. The molecule has 17 heteroatoms. The van der Waals surface area contributed by atoms with Gasteiger partial charge in [-0.1, -0.05) is 36.8 Å². The molecule has 3 aromatic rings. The maximum atomic E-state index is 13.5. The van der Waals surface area contributed by atoms with Crippen molar-refractivity contribution in [2.45, 2.75) is 50.6 Å². The summed E-state index contributed by atoms with van der Waals surface area (Å²) in [6, 6.07) is 12.6. The van der Waals surface area contributed by atoms with Crippen molar-refractivity contribution in [2.24, 2.45) is 5.28 Å². The fourth-order valence-corrected chi connectivity index (χ4v) is 4.73. The van der Waals surface area contributed by atoms with E-state index in [1.807, 2.05) is 11.6 Å². The van der Waals surface area contributed by atoms with E-state index in [2.05, 4.69) is 20.0 Å². The minimum atomic E-state index is -4.70. The molecule has 0 unspecified atom stereocenters. The molecule has 0 aliphatic rings. The van der Waals surface area contributed by atoms with E-state index < -0.39 is 40.6 Å². The van der Waals surface area contributed by atoms with Crippen LogP contribution in [0.4, 0.5) is 13.2 Å². The van der Waals surface area contributed by atoms with Crippen molar-refractivity contribution in [2.75, 3.05) is 20.4 Å². The van der Waals surface area contributed by atoms with E-state index in [1.54, 1.807) is 31.2 Å². The Hall–Kier alpha value is -4.67. The van der Waals surface area contributed by atoms with E-state index in [4.69, 9.17) is 0 Å². The zero-order valence-corrected chi connectivity index (χ0v) is 24.9. The van der Waals surface area contributed by atoms with E-state index in [9.17, 15) is 36.4 Å². The normalized spacial score (nSPS) is 12.1. The van der Waals surface area contributed by atoms with E-state index in [0.29, 0.717) is 12.0 Å². The maximum absolute atomic E-state index is 13.5. The molecule has 2 aromatic carbocycles. The number of hydrogen-bond acceptors (Lipinski definition) is 9. The van der Waals surface area contributed by atoms with Crippen LogP contribution in [0.5, 0.6) is 0 Å². The number of sulfonamides is 1. The third-order valence-corrected chi connectivity index (χ3v) is 7.49. The largest absolute Gasteiger partial charge is 0.569 e. The second-order valence-electron chi connectivity index (χ2n) is 9.50. The summed E-state index contributed by atoms with van der Waals surface area (Å²) < 4.78 is 73.5. The monoisotopic (exact) mass is 640 g/mol. The van der Waals surface area contributed by atoms with E-state index in [-0.39, 0.29) is 47.1 Å². The number of hydrogen-bond donors (Lipinski definition) is 1. The minimum absolute atomic E-state index is 0.130. The van der Waals surface area contributed by atoms with Crippen molar-refractivity contribution in [1.29, 1.82) is 0 Å². The number of unbranched alkanes of at least 4 members (excludes halogenated alkanes) is 1. The van der Waals surface area contributed by atoms with Gasteiger partial charge in [0, 0.05) is 18.4 Å². The van der Waals surface area contributed by atoms with Gasteiger partial charge in [-0.05, 0) is 50.1 Å². The molecule has 44 heavy (non-hydrogen) atoms. The lowest BCUT2D eigenvalue weighted by molar-refractivity contribution is -0.706. The van der Waals surface area contributed by atoms with Gasteiger partial charge in [-0.15, -0.1) is 5.01 Å². The first-order valence-corrected chi connectivity index (χ1v) is 14.8. The lowest BCUT2D eigenvalue weighted by Gasteiger charge is -2.13. The summed E-state index contributed by atoms with van der Waals surface area (Å²) in [6.45, 7) is 3.06. The molecule has 1 aromatic heterocycles. The standard InChI is InChI=1S/C27H31F3N6O7S/c1-4-26(38)42-18-43-33-36(39)34(3)16-6-5-7-25(37)32-44(40,41)22-14-12-21(13-15-22)35-23(17-24(31-35)27(28,29)30)20-10-8-19(2)9-11-20/h8-15,17H,4-7,16,18H2,1-3H3,(H,32,37)/b36-33-. The Kier molecular flexibility index (Phi) is 11.3. The number of alkyl halides is 3. The van der Waals surface area contributed by atoms with Gasteiger partial charge >= 0.3 is 12.1 Å². The van der Waals surface area contributed by atoms with E-state index >= 15 is 0 Å². The van der Waals surface area contributed by atoms with Crippen LogP contribution in [0.1, 0.15) is 43.9 Å². The van der Waals surface area contributed by atoms with Crippen LogP contribution in [0.3, 0.4) is 0 Å². The summed E-state index contributed by atoms with van der Waals surface area (Å²) in [7, 11) is -2.87. The second kappa shape index (κ2) is 14.7. The average molecular weight is 641 g/mol. The number of halogens is 3. The Labute approximate surface area is 251 Å². The van der Waals surface area contributed by atoms with Crippen LogP contribution < -0.4 is 4.72 Å². The van der Waals surface area contributed by atoms with Crippen LogP contribution in [0.2, 0.25) is 0 Å². The number of nitrogens with zero attached hydrogens (tertiary/aromatic N) is 5. The molecule has 0 aliphatic carbocycles. The van der Waals surface area contributed by atoms with Crippen molar-refractivity contribution in [3.63, 3.8) is 0 Å². The molecule has 1 amide bonds. The summed E-state index contributed by atoms with van der Waals surface area (Å²) in [5, 5.41) is 19.8.